The fraction of sp³-hybridized carbons (Fsp3) is 0.238. The van der Waals surface area contributed by atoms with Crippen molar-refractivity contribution in [2.75, 3.05) is 10.8 Å². The van der Waals surface area contributed by atoms with Gasteiger partial charge in [-0.15, -0.1) is 0 Å². The van der Waals surface area contributed by atoms with Gasteiger partial charge in [-0.3, -0.25) is 4.31 Å². The third-order valence-corrected chi connectivity index (χ3v) is 6.66. The van der Waals surface area contributed by atoms with Gasteiger partial charge in [0.2, 0.25) is 5.75 Å². The van der Waals surface area contributed by atoms with Crippen LogP contribution < -0.4 is 4.31 Å². The Morgan fingerprint density at radius 1 is 0.893 bits per heavy atom. The summed E-state index contributed by atoms with van der Waals surface area (Å²) in [6.07, 6.45) is 0. The molecular formula is C21H23NO5S. The maximum Gasteiger partial charge on any atom is 0.268 e. The lowest BCUT2D eigenvalue weighted by Crippen LogP contribution is -2.31. The molecular weight excluding hydrogens is 378 g/mol. The number of sulfonamides is 1. The standard InChI is InChI=1S/C21H23NO5S/c1-4-22(16-10-9-14-7-5-6-8-15(14)11-16)28(26,27)18-12-17(13(2)3)19(23)21(25)20(18)24/h5-13,23-25H,4H2,1-3H3. The first-order valence-electron chi connectivity index (χ1n) is 8.97. The fourth-order valence-electron chi connectivity index (χ4n) is 3.22. The van der Waals surface area contributed by atoms with Gasteiger partial charge in [0.25, 0.3) is 10.0 Å². The van der Waals surface area contributed by atoms with Crippen molar-refractivity contribution < 1.29 is 23.7 Å². The van der Waals surface area contributed by atoms with E-state index < -0.39 is 32.2 Å². The molecule has 148 valence electrons. The Bertz CT molecular complexity index is 1140. The monoisotopic (exact) mass is 401 g/mol. The Labute approximate surface area is 164 Å². The minimum atomic E-state index is -4.19. The average molecular weight is 401 g/mol. The summed E-state index contributed by atoms with van der Waals surface area (Å²) in [6, 6.07) is 14.1. The molecule has 28 heavy (non-hydrogen) atoms. The van der Waals surface area contributed by atoms with Crippen molar-refractivity contribution in [1.29, 1.82) is 0 Å². The number of phenolic OH excluding ortho intramolecular Hbond substituents is 3. The fourth-order valence-corrected chi connectivity index (χ4v) is 4.81. The highest BCUT2D eigenvalue weighted by atomic mass is 32.2. The van der Waals surface area contributed by atoms with E-state index in [0.717, 1.165) is 15.1 Å². The Hall–Kier alpha value is -2.93. The molecule has 0 atom stereocenters. The molecule has 0 aliphatic carbocycles. The van der Waals surface area contributed by atoms with Crippen molar-refractivity contribution in [3.05, 3.63) is 54.1 Å². The minimum absolute atomic E-state index is 0.124. The molecule has 3 N–H and O–H groups in total. The van der Waals surface area contributed by atoms with Crippen molar-refractivity contribution in [2.24, 2.45) is 0 Å². The molecule has 0 heterocycles. The summed E-state index contributed by atoms with van der Waals surface area (Å²) in [7, 11) is -4.19. The lowest BCUT2D eigenvalue weighted by molar-refractivity contribution is 0.356. The molecule has 0 fully saturated rings. The number of aromatic hydroxyl groups is 3. The number of rotatable bonds is 5. The van der Waals surface area contributed by atoms with Crippen LogP contribution in [0.4, 0.5) is 5.69 Å². The lowest BCUT2D eigenvalue weighted by atomic mass is 10.0. The zero-order valence-corrected chi connectivity index (χ0v) is 16.7. The number of hydrogen-bond donors (Lipinski definition) is 3. The largest absolute Gasteiger partial charge is 0.504 e. The van der Waals surface area contributed by atoms with Crippen LogP contribution in [0.2, 0.25) is 0 Å². The molecule has 7 heteroatoms. The van der Waals surface area contributed by atoms with Crippen LogP contribution in [-0.2, 0) is 10.0 Å². The van der Waals surface area contributed by atoms with E-state index in [2.05, 4.69) is 0 Å². The van der Waals surface area contributed by atoms with Gasteiger partial charge < -0.3 is 15.3 Å². The summed E-state index contributed by atoms with van der Waals surface area (Å²) in [5.41, 5.74) is 0.683. The number of phenols is 3. The second-order valence-electron chi connectivity index (χ2n) is 6.87. The Morgan fingerprint density at radius 2 is 1.54 bits per heavy atom. The molecule has 0 aliphatic rings. The SMILES string of the molecule is CCN(c1ccc2ccccc2c1)S(=O)(=O)c1cc(C(C)C)c(O)c(O)c1O. The lowest BCUT2D eigenvalue weighted by Gasteiger charge is -2.25. The van der Waals surface area contributed by atoms with Gasteiger partial charge in [-0.1, -0.05) is 44.2 Å². The Morgan fingerprint density at radius 3 is 2.14 bits per heavy atom. The molecule has 0 radical (unpaired) electrons. The van der Waals surface area contributed by atoms with Gasteiger partial charge >= 0.3 is 0 Å². The van der Waals surface area contributed by atoms with Crippen LogP contribution in [0.5, 0.6) is 17.2 Å². The van der Waals surface area contributed by atoms with Gasteiger partial charge in [0.1, 0.15) is 4.90 Å². The molecule has 6 nitrogen and oxygen atoms in total. The number of hydrogen-bond acceptors (Lipinski definition) is 5. The third-order valence-electron chi connectivity index (χ3n) is 4.74. The van der Waals surface area contributed by atoms with Crippen LogP contribution >= 0.6 is 0 Å². The molecule has 3 aromatic rings. The van der Waals surface area contributed by atoms with E-state index in [1.165, 1.54) is 6.07 Å². The summed E-state index contributed by atoms with van der Waals surface area (Å²) in [5, 5.41) is 32.2. The van der Waals surface area contributed by atoms with Gasteiger partial charge in [0.05, 0.1) is 5.69 Å². The van der Waals surface area contributed by atoms with E-state index in [0.29, 0.717) is 5.69 Å². The van der Waals surface area contributed by atoms with Crippen LogP contribution in [0.15, 0.2) is 53.4 Å². The minimum Gasteiger partial charge on any atom is -0.504 e. The molecule has 3 aromatic carbocycles. The van der Waals surface area contributed by atoms with Crippen molar-refractivity contribution in [2.45, 2.75) is 31.6 Å². The van der Waals surface area contributed by atoms with Crippen molar-refractivity contribution in [3.63, 3.8) is 0 Å². The zero-order valence-electron chi connectivity index (χ0n) is 15.9. The van der Waals surface area contributed by atoms with Gasteiger partial charge in [0, 0.05) is 12.1 Å². The van der Waals surface area contributed by atoms with E-state index in [1.54, 1.807) is 32.9 Å². The summed E-state index contributed by atoms with van der Waals surface area (Å²) in [6.45, 7) is 5.32. The molecule has 0 aliphatic heterocycles. The maximum absolute atomic E-state index is 13.3. The molecule has 0 saturated carbocycles. The first-order chi connectivity index (χ1) is 13.2. The smallest absolute Gasteiger partial charge is 0.268 e. The average Bonchev–Trinajstić information content (AvgIpc) is 2.66. The van der Waals surface area contributed by atoms with Gasteiger partial charge in [-0.05, 0) is 41.8 Å². The Kier molecular flexibility index (Phi) is 5.12. The molecule has 0 bridgehead atoms. The number of fused-ring (bicyclic) bond motifs is 1. The summed E-state index contributed by atoms with van der Waals surface area (Å²) >= 11 is 0. The second kappa shape index (κ2) is 7.24. The highest BCUT2D eigenvalue weighted by Gasteiger charge is 2.31. The van der Waals surface area contributed by atoms with Gasteiger partial charge in [-0.25, -0.2) is 8.42 Å². The first kappa shape index (κ1) is 19.8. The summed E-state index contributed by atoms with van der Waals surface area (Å²) in [5.74, 6) is -2.46. The normalized spacial score (nSPS) is 11.9. The van der Waals surface area contributed by atoms with Gasteiger partial charge in [-0.2, -0.15) is 0 Å². The van der Waals surface area contributed by atoms with Crippen molar-refractivity contribution >= 4 is 26.5 Å². The molecule has 0 amide bonds. The van der Waals surface area contributed by atoms with E-state index in [9.17, 15) is 23.7 Å². The zero-order chi connectivity index (χ0) is 20.6. The van der Waals surface area contributed by atoms with Gasteiger partial charge in [0.15, 0.2) is 11.5 Å². The summed E-state index contributed by atoms with van der Waals surface area (Å²) in [4.78, 5) is -0.443. The van der Waals surface area contributed by atoms with E-state index >= 15 is 0 Å². The molecule has 3 rings (SSSR count). The van der Waals surface area contributed by atoms with Crippen LogP contribution in [0.1, 0.15) is 32.3 Å². The van der Waals surface area contributed by atoms with Crippen molar-refractivity contribution in [3.8, 4) is 17.2 Å². The van der Waals surface area contributed by atoms with Crippen LogP contribution in [0.25, 0.3) is 10.8 Å². The summed E-state index contributed by atoms with van der Waals surface area (Å²) < 4.78 is 27.8. The van der Waals surface area contributed by atoms with Crippen LogP contribution in [0, 0.1) is 0 Å². The van der Waals surface area contributed by atoms with E-state index in [1.807, 2.05) is 30.3 Å². The first-order valence-corrected chi connectivity index (χ1v) is 10.4. The number of anilines is 1. The number of nitrogens with zero attached hydrogens (tertiary/aromatic N) is 1. The highest BCUT2D eigenvalue weighted by molar-refractivity contribution is 7.93. The Balaban J connectivity index is 2.19. The second-order valence-corrected chi connectivity index (χ2v) is 8.70. The molecule has 0 saturated heterocycles. The van der Waals surface area contributed by atoms with Crippen LogP contribution in [-0.4, -0.2) is 30.3 Å². The topological polar surface area (TPSA) is 98.1 Å². The molecule has 0 spiro atoms. The quantitative estimate of drug-likeness (QED) is 0.554. The predicted molar refractivity (Wildman–Crippen MR) is 110 cm³/mol. The maximum atomic E-state index is 13.3. The van der Waals surface area contributed by atoms with E-state index in [4.69, 9.17) is 0 Å². The third kappa shape index (κ3) is 3.22. The molecule has 0 aromatic heterocycles. The van der Waals surface area contributed by atoms with E-state index in [-0.39, 0.29) is 18.0 Å². The predicted octanol–water partition coefficient (Wildman–Crippen LogP) is 4.30. The number of benzene rings is 3. The molecule has 0 unspecified atom stereocenters. The highest BCUT2D eigenvalue weighted by Crippen LogP contribution is 2.45. The van der Waals surface area contributed by atoms with Crippen molar-refractivity contribution in [1.82, 2.24) is 0 Å². The van der Waals surface area contributed by atoms with Crippen LogP contribution in [0.3, 0.4) is 0 Å².